The van der Waals surface area contributed by atoms with Gasteiger partial charge in [-0.15, -0.1) is 10.2 Å². The number of carbonyl (C=O) groups is 1. The molecular weight excluding hydrogens is 384 g/mol. The number of Topliss-reactive ketones (excluding diaryl/α,β-unsaturated/α-hetero) is 1. The average molecular weight is 409 g/mol. The molecule has 0 unspecified atom stereocenters. The first-order chi connectivity index (χ1) is 14.3. The number of rotatable bonds is 8. The number of ketones is 1. The van der Waals surface area contributed by atoms with Crippen molar-refractivity contribution in [1.29, 1.82) is 0 Å². The van der Waals surface area contributed by atoms with Gasteiger partial charge in [-0.3, -0.25) is 14.3 Å². The highest BCUT2D eigenvalue weighted by Gasteiger charge is 2.17. The van der Waals surface area contributed by atoms with E-state index in [1.807, 2.05) is 22.8 Å². The molecule has 2 aromatic heterocycles. The van der Waals surface area contributed by atoms with Crippen molar-refractivity contribution < 1.29 is 9.53 Å². The van der Waals surface area contributed by atoms with Crippen molar-refractivity contribution in [3.63, 3.8) is 0 Å². The van der Waals surface area contributed by atoms with E-state index in [4.69, 9.17) is 4.74 Å². The Morgan fingerprint density at radius 2 is 1.90 bits per heavy atom. The van der Waals surface area contributed by atoms with Gasteiger partial charge in [-0.05, 0) is 55.0 Å². The Hall–Kier alpha value is -2.51. The third-order valence-electron chi connectivity index (χ3n) is 5.18. The van der Waals surface area contributed by atoms with Gasteiger partial charge in [0.2, 0.25) is 0 Å². The Bertz CT molecular complexity index is 988. The highest BCUT2D eigenvalue weighted by molar-refractivity contribution is 7.99. The minimum Gasteiger partial charge on any atom is -0.383 e. The van der Waals surface area contributed by atoms with Gasteiger partial charge in [0.05, 0.1) is 18.9 Å². The summed E-state index contributed by atoms with van der Waals surface area (Å²) in [6, 6.07) is 9.97. The monoisotopic (exact) mass is 408 g/mol. The normalized spacial score (nSPS) is 13.3. The number of methoxy groups -OCH3 is 1. The van der Waals surface area contributed by atoms with E-state index in [1.165, 1.54) is 35.7 Å². The molecule has 0 bridgehead atoms. The Labute approximate surface area is 174 Å². The number of pyridine rings is 1. The number of carbonyl (C=O) groups excluding carboxylic acids is 1. The van der Waals surface area contributed by atoms with Crippen LogP contribution in [0.3, 0.4) is 0 Å². The van der Waals surface area contributed by atoms with Gasteiger partial charge in [-0.2, -0.15) is 0 Å². The third kappa shape index (κ3) is 4.57. The molecule has 0 saturated heterocycles. The smallest absolute Gasteiger partial charge is 0.192 e. The maximum Gasteiger partial charge on any atom is 0.192 e. The van der Waals surface area contributed by atoms with Gasteiger partial charge in [0.15, 0.2) is 16.8 Å². The number of aromatic nitrogens is 4. The number of hydrogen-bond donors (Lipinski definition) is 0. The van der Waals surface area contributed by atoms with E-state index in [0.717, 1.165) is 34.9 Å². The molecule has 0 saturated carbocycles. The number of fused-ring (bicyclic) bond motifs is 1. The van der Waals surface area contributed by atoms with Crippen LogP contribution in [0.4, 0.5) is 0 Å². The SMILES string of the molecule is COCCn1c(SCC(=O)c2ccc3c(c2)CCCC3)nnc1-c1ccncc1. The van der Waals surface area contributed by atoms with Gasteiger partial charge in [0.1, 0.15) is 0 Å². The molecule has 150 valence electrons. The predicted octanol–water partition coefficient (Wildman–Crippen LogP) is 3.84. The summed E-state index contributed by atoms with van der Waals surface area (Å²) in [7, 11) is 1.67. The second kappa shape index (κ2) is 9.33. The number of hydrogen-bond acceptors (Lipinski definition) is 6. The minimum atomic E-state index is 0.120. The van der Waals surface area contributed by atoms with Crippen molar-refractivity contribution in [3.05, 3.63) is 59.4 Å². The van der Waals surface area contributed by atoms with Gasteiger partial charge in [-0.1, -0.05) is 23.9 Å². The third-order valence-corrected chi connectivity index (χ3v) is 6.14. The molecule has 0 fully saturated rings. The maximum atomic E-state index is 12.8. The molecular formula is C22H24N4O2S. The fourth-order valence-corrected chi connectivity index (χ4v) is 4.47. The van der Waals surface area contributed by atoms with Crippen molar-refractivity contribution in [2.75, 3.05) is 19.5 Å². The zero-order valence-corrected chi connectivity index (χ0v) is 17.3. The first-order valence-electron chi connectivity index (χ1n) is 9.86. The molecule has 1 aliphatic rings. The summed E-state index contributed by atoms with van der Waals surface area (Å²) >= 11 is 1.42. The fraction of sp³-hybridized carbons (Fsp3) is 0.364. The van der Waals surface area contributed by atoms with Crippen LogP contribution in [-0.2, 0) is 24.1 Å². The topological polar surface area (TPSA) is 69.9 Å². The molecule has 0 amide bonds. The number of aryl methyl sites for hydroxylation is 2. The second-order valence-electron chi connectivity index (χ2n) is 7.09. The molecule has 6 nitrogen and oxygen atoms in total. The van der Waals surface area contributed by atoms with Crippen LogP contribution in [0.25, 0.3) is 11.4 Å². The van der Waals surface area contributed by atoms with Gasteiger partial charge in [0, 0.05) is 30.6 Å². The van der Waals surface area contributed by atoms with Crippen molar-refractivity contribution >= 4 is 17.5 Å². The minimum absolute atomic E-state index is 0.120. The van der Waals surface area contributed by atoms with Crippen LogP contribution in [0.1, 0.15) is 34.3 Å². The Kier molecular flexibility index (Phi) is 6.36. The fourth-order valence-electron chi connectivity index (χ4n) is 3.61. The summed E-state index contributed by atoms with van der Waals surface area (Å²) in [6.07, 6.45) is 8.12. The summed E-state index contributed by atoms with van der Waals surface area (Å²) < 4.78 is 7.25. The van der Waals surface area contributed by atoms with Crippen LogP contribution in [-0.4, -0.2) is 45.0 Å². The lowest BCUT2D eigenvalue weighted by Gasteiger charge is -2.16. The molecule has 0 radical (unpaired) electrons. The van der Waals surface area contributed by atoms with E-state index in [0.29, 0.717) is 18.9 Å². The Balaban J connectivity index is 1.50. The molecule has 0 N–H and O–H groups in total. The number of ether oxygens (including phenoxy) is 1. The van der Waals surface area contributed by atoms with E-state index in [-0.39, 0.29) is 5.78 Å². The summed E-state index contributed by atoms with van der Waals surface area (Å²) in [5, 5.41) is 9.40. The molecule has 29 heavy (non-hydrogen) atoms. The first-order valence-corrected chi connectivity index (χ1v) is 10.8. The Morgan fingerprint density at radius 1 is 1.10 bits per heavy atom. The van der Waals surface area contributed by atoms with Crippen molar-refractivity contribution in [2.45, 2.75) is 37.4 Å². The van der Waals surface area contributed by atoms with Crippen molar-refractivity contribution in [1.82, 2.24) is 19.7 Å². The van der Waals surface area contributed by atoms with Crippen molar-refractivity contribution in [2.24, 2.45) is 0 Å². The van der Waals surface area contributed by atoms with Crippen LogP contribution in [0, 0.1) is 0 Å². The lowest BCUT2D eigenvalue weighted by atomic mass is 9.90. The van der Waals surface area contributed by atoms with Gasteiger partial charge in [-0.25, -0.2) is 0 Å². The van der Waals surface area contributed by atoms with Crippen LogP contribution in [0.15, 0.2) is 47.9 Å². The molecule has 2 heterocycles. The molecule has 1 aromatic carbocycles. The number of thioether (sulfide) groups is 1. The quantitative estimate of drug-likeness (QED) is 0.417. The van der Waals surface area contributed by atoms with Gasteiger partial charge >= 0.3 is 0 Å². The summed E-state index contributed by atoms with van der Waals surface area (Å²) in [4.78, 5) is 16.9. The lowest BCUT2D eigenvalue weighted by molar-refractivity contribution is 0.102. The lowest BCUT2D eigenvalue weighted by Crippen LogP contribution is -2.10. The highest BCUT2D eigenvalue weighted by Crippen LogP contribution is 2.26. The molecule has 3 aromatic rings. The number of benzene rings is 1. The summed E-state index contributed by atoms with van der Waals surface area (Å²) in [6.45, 7) is 1.17. The molecule has 0 aliphatic heterocycles. The van der Waals surface area contributed by atoms with Gasteiger partial charge in [0.25, 0.3) is 0 Å². The van der Waals surface area contributed by atoms with Crippen molar-refractivity contribution in [3.8, 4) is 11.4 Å². The summed E-state index contributed by atoms with van der Waals surface area (Å²) in [5.41, 5.74) is 4.45. The van der Waals surface area contributed by atoms with Crippen LogP contribution < -0.4 is 0 Å². The first kappa shape index (κ1) is 19.8. The predicted molar refractivity (Wildman–Crippen MR) is 113 cm³/mol. The van der Waals surface area contributed by atoms with Crippen LogP contribution >= 0.6 is 11.8 Å². The molecule has 0 atom stereocenters. The maximum absolute atomic E-state index is 12.8. The second-order valence-corrected chi connectivity index (χ2v) is 8.03. The Morgan fingerprint density at radius 3 is 2.69 bits per heavy atom. The molecule has 0 spiro atoms. The largest absolute Gasteiger partial charge is 0.383 e. The molecule has 4 rings (SSSR count). The standard InChI is InChI=1S/C22H24N4O2S/c1-28-13-12-26-21(17-8-10-23-11-9-17)24-25-22(26)29-15-20(27)19-7-6-16-4-2-3-5-18(16)14-19/h6-11,14H,2-5,12-13,15H2,1H3. The van der Waals surface area contributed by atoms with Crippen LogP contribution in [0.5, 0.6) is 0 Å². The summed E-state index contributed by atoms with van der Waals surface area (Å²) in [5.74, 6) is 1.21. The average Bonchev–Trinajstić information content (AvgIpc) is 3.19. The molecule has 7 heteroatoms. The van der Waals surface area contributed by atoms with Gasteiger partial charge < -0.3 is 4.74 Å². The highest BCUT2D eigenvalue weighted by atomic mass is 32.2. The van der Waals surface area contributed by atoms with E-state index >= 15 is 0 Å². The number of nitrogens with zero attached hydrogens (tertiary/aromatic N) is 4. The van der Waals surface area contributed by atoms with Crippen LogP contribution in [0.2, 0.25) is 0 Å². The zero-order chi connectivity index (χ0) is 20.1. The molecule has 1 aliphatic carbocycles. The zero-order valence-electron chi connectivity index (χ0n) is 16.5. The van der Waals surface area contributed by atoms with E-state index in [1.54, 1.807) is 19.5 Å². The van der Waals surface area contributed by atoms with E-state index in [2.05, 4.69) is 27.3 Å². The van der Waals surface area contributed by atoms with E-state index < -0.39 is 0 Å². The van der Waals surface area contributed by atoms with E-state index in [9.17, 15) is 4.79 Å².